The topological polar surface area (TPSA) is 12.0 Å². The summed E-state index contributed by atoms with van der Waals surface area (Å²) in [4.78, 5) is 0. The van der Waals surface area contributed by atoms with Crippen LogP contribution in [0, 0.1) is 27.7 Å². The molecule has 0 saturated heterocycles. The van der Waals surface area contributed by atoms with E-state index in [1.54, 1.807) is 0 Å². The Bertz CT molecular complexity index is 600. The summed E-state index contributed by atoms with van der Waals surface area (Å²) in [5.74, 6) is 0. The van der Waals surface area contributed by atoms with Gasteiger partial charge in [-0.05, 0) is 85.7 Å². The van der Waals surface area contributed by atoms with E-state index in [1.807, 2.05) is 0 Å². The van der Waals surface area contributed by atoms with Gasteiger partial charge in [0, 0.05) is 6.54 Å². The minimum Gasteiger partial charge on any atom is -0.313 e. The Hall–Kier alpha value is -1.60. The first-order valence-electron chi connectivity index (χ1n) is 7.92. The van der Waals surface area contributed by atoms with Crippen molar-refractivity contribution in [1.29, 1.82) is 0 Å². The van der Waals surface area contributed by atoms with E-state index in [4.69, 9.17) is 0 Å². The molecule has 0 aromatic heterocycles. The van der Waals surface area contributed by atoms with Crippen LogP contribution in [0.25, 0.3) is 11.1 Å². The van der Waals surface area contributed by atoms with Crippen LogP contribution in [-0.2, 0) is 6.54 Å². The fourth-order valence-electron chi connectivity index (χ4n) is 2.90. The summed E-state index contributed by atoms with van der Waals surface area (Å²) < 4.78 is 0. The molecule has 0 radical (unpaired) electrons. The molecular weight excluding hydrogens is 254 g/mol. The molecule has 0 amide bonds. The van der Waals surface area contributed by atoms with Gasteiger partial charge < -0.3 is 5.32 Å². The molecule has 21 heavy (non-hydrogen) atoms. The van der Waals surface area contributed by atoms with Crippen molar-refractivity contribution >= 4 is 0 Å². The fourth-order valence-corrected chi connectivity index (χ4v) is 2.90. The standard InChI is InChI=1S/C20H27N/c1-6-10-21-13-18-8-7-9-19(12-18)20-16(4)14(2)11-15(3)17(20)5/h7-9,11-12,21H,6,10,13H2,1-5H3. The van der Waals surface area contributed by atoms with Gasteiger partial charge in [-0.15, -0.1) is 0 Å². The zero-order valence-electron chi connectivity index (χ0n) is 14.0. The first-order valence-corrected chi connectivity index (χ1v) is 7.92. The van der Waals surface area contributed by atoms with E-state index in [1.165, 1.54) is 45.4 Å². The van der Waals surface area contributed by atoms with E-state index < -0.39 is 0 Å². The van der Waals surface area contributed by atoms with E-state index in [0.717, 1.165) is 13.1 Å². The molecular formula is C20H27N. The van der Waals surface area contributed by atoms with Crippen LogP contribution in [0.5, 0.6) is 0 Å². The van der Waals surface area contributed by atoms with Crippen LogP contribution in [0.3, 0.4) is 0 Å². The van der Waals surface area contributed by atoms with Gasteiger partial charge in [0.15, 0.2) is 0 Å². The molecule has 0 fully saturated rings. The SMILES string of the molecule is CCCNCc1cccc(-c2c(C)c(C)cc(C)c2C)c1. The van der Waals surface area contributed by atoms with Crippen molar-refractivity contribution in [3.05, 3.63) is 58.1 Å². The number of hydrogen-bond acceptors (Lipinski definition) is 1. The van der Waals surface area contributed by atoms with Crippen LogP contribution in [0.15, 0.2) is 30.3 Å². The van der Waals surface area contributed by atoms with Crippen molar-refractivity contribution < 1.29 is 0 Å². The van der Waals surface area contributed by atoms with Gasteiger partial charge >= 0.3 is 0 Å². The largest absolute Gasteiger partial charge is 0.313 e. The number of hydrogen-bond donors (Lipinski definition) is 1. The lowest BCUT2D eigenvalue weighted by atomic mass is 9.89. The molecule has 0 aliphatic heterocycles. The Morgan fingerprint density at radius 1 is 0.905 bits per heavy atom. The van der Waals surface area contributed by atoms with Crippen LogP contribution < -0.4 is 5.32 Å². The smallest absolute Gasteiger partial charge is 0.0205 e. The van der Waals surface area contributed by atoms with Crippen molar-refractivity contribution in [3.63, 3.8) is 0 Å². The third-order valence-electron chi connectivity index (χ3n) is 4.34. The van der Waals surface area contributed by atoms with E-state index in [-0.39, 0.29) is 0 Å². The second kappa shape index (κ2) is 6.91. The maximum Gasteiger partial charge on any atom is 0.0205 e. The molecule has 0 saturated carbocycles. The van der Waals surface area contributed by atoms with E-state index in [9.17, 15) is 0 Å². The molecule has 0 aliphatic rings. The Morgan fingerprint density at radius 2 is 1.57 bits per heavy atom. The third-order valence-corrected chi connectivity index (χ3v) is 4.34. The Kier molecular flexibility index (Phi) is 5.19. The van der Waals surface area contributed by atoms with E-state index in [0.29, 0.717) is 0 Å². The summed E-state index contributed by atoms with van der Waals surface area (Å²) in [6, 6.07) is 11.2. The highest BCUT2D eigenvalue weighted by Gasteiger charge is 2.10. The monoisotopic (exact) mass is 281 g/mol. The summed E-state index contributed by atoms with van der Waals surface area (Å²) in [6.45, 7) is 13.1. The lowest BCUT2D eigenvalue weighted by Gasteiger charge is -2.16. The number of nitrogens with one attached hydrogen (secondary N) is 1. The minimum absolute atomic E-state index is 0.949. The van der Waals surface area contributed by atoms with Gasteiger partial charge in [0.1, 0.15) is 0 Å². The van der Waals surface area contributed by atoms with Crippen molar-refractivity contribution in [2.45, 2.75) is 47.6 Å². The molecule has 1 heteroatoms. The molecule has 0 aliphatic carbocycles. The van der Waals surface area contributed by atoms with Crippen molar-refractivity contribution in [2.24, 2.45) is 0 Å². The molecule has 0 unspecified atom stereocenters. The maximum atomic E-state index is 3.48. The Morgan fingerprint density at radius 3 is 2.19 bits per heavy atom. The second-order valence-electron chi connectivity index (χ2n) is 6.01. The highest BCUT2D eigenvalue weighted by Crippen LogP contribution is 2.31. The molecule has 1 N–H and O–H groups in total. The predicted octanol–water partition coefficient (Wildman–Crippen LogP) is 5.09. The molecule has 2 aromatic rings. The van der Waals surface area contributed by atoms with Crippen molar-refractivity contribution in [2.75, 3.05) is 6.54 Å². The second-order valence-corrected chi connectivity index (χ2v) is 6.01. The van der Waals surface area contributed by atoms with Gasteiger partial charge in [-0.2, -0.15) is 0 Å². The minimum atomic E-state index is 0.949. The fraction of sp³-hybridized carbons (Fsp3) is 0.400. The quantitative estimate of drug-likeness (QED) is 0.753. The van der Waals surface area contributed by atoms with Crippen LogP contribution in [0.2, 0.25) is 0 Å². The van der Waals surface area contributed by atoms with Gasteiger partial charge in [-0.1, -0.05) is 31.2 Å². The lowest BCUT2D eigenvalue weighted by Crippen LogP contribution is -2.13. The summed E-state index contributed by atoms with van der Waals surface area (Å²) in [5, 5.41) is 3.48. The van der Waals surface area contributed by atoms with E-state index >= 15 is 0 Å². The summed E-state index contributed by atoms with van der Waals surface area (Å²) in [6.07, 6.45) is 1.18. The highest BCUT2D eigenvalue weighted by atomic mass is 14.8. The Balaban J connectivity index is 2.41. The predicted molar refractivity (Wildman–Crippen MR) is 92.8 cm³/mol. The zero-order chi connectivity index (χ0) is 15.4. The highest BCUT2D eigenvalue weighted by molar-refractivity contribution is 5.73. The molecule has 0 spiro atoms. The van der Waals surface area contributed by atoms with Crippen LogP contribution in [0.4, 0.5) is 0 Å². The molecule has 2 rings (SSSR count). The molecule has 112 valence electrons. The zero-order valence-corrected chi connectivity index (χ0v) is 14.0. The van der Waals surface area contributed by atoms with Crippen molar-refractivity contribution in [3.8, 4) is 11.1 Å². The van der Waals surface area contributed by atoms with Gasteiger partial charge in [-0.25, -0.2) is 0 Å². The first-order chi connectivity index (χ1) is 10.0. The molecule has 0 heterocycles. The number of rotatable bonds is 5. The van der Waals surface area contributed by atoms with Gasteiger partial charge in [0.25, 0.3) is 0 Å². The first kappa shape index (κ1) is 15.8. The van der Waals surface area contributed by atoms with E-state index in [2.05, 4.69) is 70.3 Å². The lowest BCUT2D eigenvalue weighted by molar-refractivity contribution is 0.675. The number of benzene rings is 2. The summed E-state index contributed by atoms with van der Waals surface area (Å²) in [5.41, 5.74) is 9.66. The average molecular weight is 281 g/mol. The van der Waals surface area contributed by atoms with Gasteiger partial charge in [-0.3, -0.25) is 0 Å². The van der Waals surface area contributed by atoms with Gasteiger partial charge in [0.2, 0.25) is 0 Å². The maximum absolute atomic E-state index is 3.48. The molecule has 0 atom stereocenters. The summed E-state index contributed by atoms with van der Waals surface area (Å²) in [7, 11) is 0. The third kappa shape index (κ3) is 3.54. The molecule has 2 aromatic carbocycles. The molecule has 1 nitrogen and oxygen atoms in total. The van der Waals surface area contributed by atoms with Crippen molar-refractivity contribution in [1.82, 2.24) is 5.32 Å². The van der Waals surface area contributed by atoms with Crippen LogP contribution >= 0.6 is 0 Å². The molecule has 0 bridgehead atoms. The average Bonchev–Trinajstić information content (AvgIpc) is 2.46. The number of aryl methyl sites for hydroxylation is 2. The van der Waals surface area contributed by atoms with Gasteiger partial charge in [0.05, 0.1) is 0 Å². The summed E-state index contributed by atoms with van der Waals surface area (Å²) >= 11 is 0. The van der Waals surface area contributed by atoms with Crippen LogP contribution in [0.1, 0.15) is 41.2 Å². The normalized spacial score (nSPS) is 10.9. The van der Waals surface area contributed by atoms with Crippen LogP contribution in [-0.4, -0.2) is 6.54 Å². The Labute approximate surface area is 129 Å².